The first-order valence-electron chi connectivity index (χ1n) is 8.40. The molecule has 134 valence electrons. The summed E-state index contributed by atoms with van der Waals surface area (Å²) in [6.07, 6.45) is 1.83. The second kappa shape index (κ2) is 7.35. The highest BCUT2D eigenvalue weighted by Gasteiger charge is 2.09. The number of nitrogens with zero attached hydrogens (tertiary/aromatic N) is 4. The van der Waals surface area contributed by atoms with E-state index in [9.17, 15) is 4.79 Å². The van der Waals surface area contributed by atoms with E-state index in [1.807, 2.05) is 40.0 Å². The van der Waals surface area contributed by atoms with Crippen molar-refractivity contribution in [3.05, 3.63) is 58.9 Å². The van der Waals surface area contributed by atoms with Crippen molar-refractivity contribution in [1.82, 2.24) is 20.0 Å². The molecule has 0 atom stereocenters. The Hall–Kier alpha value is -3.22. The van der Waals surface area contributed by atoms with Crippen LogP contribution in [0.15, 0.2) is 36.5 Å². The first kappa shape index (κ1) is 17.6. The number of carbonyl (C=O) groups excluding carboxylic acids is 1. The van der Waals surface area contributed by atoms with Crippen LogP contribution in [0.3, 0.4) is 0 Å². The molecule has 3 rings (SSSR count). The van der Waals surface area contributed by atoms with Crippen molar-refractivity contribution in [2.75, 3.05) is 17.2 Å². The van der Waals surface area contributed by atoms with E-state index in [1.54, 1.807) is 16.8 Å². The molecule has 0 spiro atoms. The highest BCUT2D eigenvalue weighted by atomic mass is 16.1. The molecule has 7 nitrogen and oxygen atoms in total. The monoisotopic (exact) mass is 350 g/mol. The molecule has 0 saturated heterocycles. The summed E-state index contributed by atoms with van der Waals surface area (Å²) < 4.78 is 1.65. The van der Waals surface area contributed by atoms with Crippen LogP contribution in [0.5, 0.6) is 0 Å². The normalized spacial score (nSPS) is 10.6. The van der Waals surface area contributed by atoms with Gasteiger partial charge in [-0.05, 0) is 57.0 Å². The van der Waals surface area contributed by atoms with Gasteiger partial charge in [-0.3, -0.25) is 4.79 Å². The van der Waals surface area contributed by atoms with Crippen LogP contribution in [0.4, 0.5) is 11.5 Å². The van der Waals surface area contributed by atoms with Gasteiger partial charge in [0.1, 0.15) is 5.82 Å². The van der Waals surface area contributed by atoms with E-state index >= 15 is 0 Å². The van der Waals surface area contributed by atoms with Crippen LogP contribution in [0.2, 0.25) is 0 Å². The molecule has 0 aliphatic rings. The third kappa shape index (κ3) is 4.05. The number of hydrogen-bond donors (Lipinski definition) is 2. The lowest BCUT2D eigenvalue weighted by atomic mass is 10.1. The molecule has 1 aromatic carbocycles. The molecule has 1 amide bonds. The number of anilines is 2. The molecule has 0 saturated carbocycles. The SMILES string of the molecule is Cc1cc(C)c(NC(=O)CNc2ccc(-n3ccc(C)n3)nn2)c(C)c1. The Morgan fingerprint density at radius 2 is 1.77 bits per heavy atom. The molecule has 26 heavy (non-hydrogen) atoms. The van der Waals surface area contributed by atoms with Crippen molar-refractivity contribution in [2.24, 2.45) is 0 Å². The number of rotatable bonds is 5. The Morgan fingerprint density at radius 3 is 2.35 bits per heavy atom. The number of amides is 1. The molecule has 0 bridgehead atoms. The molecule has 0 radical (unpaired) electrons. The Labute approximate surface area is 152 Å². The maximum absolute atomic E-state index is 12.2. The Kier molecular flexibility index (Phi) is 4.97. The molecule has 2 heterocycles. The molecule has 0 unspecified atom stereocenters. The zero-order chi connectivity index (χ0) is 18.7. The lowest BCUT2D eigenvalue weighted by Gasteiger charge is -2.13. The number of aromatic nitrogens is 4. The zero-order valence-corrected chi connectivity index (χ0v) is 15.4. The zero-order valence-electron chi connectivity index (χ0n) is 15.4. The standard InChI is InChI=1S/C19H22N6O/c1-12-9-13(2)19(14(3)10-12)21-18(26)11-20-16-5-6-17(23-22-16)25-8-7-15(4)24-25/h5-10H,11H2,1-4H3,(H,20,22)(H,21,26). The lowest BCUT2D eigenvalue weighted by Crippen LogP contribution is -2.23. The van der Waals surface area contributed by atoms with Crippen molar-refractivity contribution in [1.29, 1.82) is 0 Å². The second-order valence-electron chi connectivity index (χ2n) is 6.35. The van der Waals surface area contributed by atoms with Crippen molar-refractivity contribution < 1.29 is 4.79 Å². The number of nitrogens with one attached hydrogen (secondary N) is 2. The number of carbonyl (C=O) groups is 1. The average Bonchev–Trinajstić information content (AvgIpc) is 3.03. The lowest BCUT2D eigenvalue weighted by molar-refractivity contribution is -0.114. The minimum Gasteiger partial charge on any atom is -0.360 e. The maximum Gasteiger partial charge on any atom is 0.243 e. The van der Waals surface area contributed by atoms with Crippen molar-refractivity contribution in [2.45, 2.75) is 27.7 Å². The minimum absolute atomic E-state index is 0.113. The molecular weight excluding hydrogens is 328 g/mol. The summed E-state index contributed by atoms with van der Waals surface area (Å²) in [6, 6.07) is 9.57. The van der Waals surface area contributed by atoms with Crippen LogP contribution in [-0.2, 0) is 4.79 Å². The third-order valence-corrected chi connectivity index (χ3v) is 3.98. The summed E-state index contributed by atoms with van der Waals surface area (Å²) in [5.41, 5.74) is 5.05. The molecule has 7 heteroatoms. The fourth-order valence-electron chi connectivity index (χ4n) is 2.82. The first-order chi connectivity index (χ1) is 12.4. The van der Waals surface area contributed by atoms with Crippen molar-refractivity contribution in [3.63, 3.8) is 0 Å². The van der Waals surface area contributed by atoms with E-state index in [1.165, 1.54) is 5.56 Å². The van der Waals surface area contributed by atoms with Gasteiger partial charge in [-0.2, -0.15) is 5.10 Å². The molecule has 0 aliphatic carbocycles. The van der Waals surface area contributed by atoms with Gasteiger partial charge in [0.05, 0.1) is 12.2 Å². The molecular formula is C19H22N6O. The van der Waals surface area contributed by atoms with Crippen molar-refractivity contribution >= 4 is 17.4 Å². The fourth-order valence-corrected chi connectivity index (χ4v) is 2.82. The topological polar surface area (TPSA) is 84.7 Å². The first-order valence-corrected chi connectivity index (χ1v) is 8.40. The van der Waals surface area contributed by atoms with E-state index in [0.717, 1.165) is 22.5 Å². The largest absolute Gasteiger partial charge is 0.360 e. The van der Waals surface area contributed by atoms with Gasteiger partial charge < -0.3 is 10.6 Å². The van der Waals surface area contributed by atoms with Gasteiger partial charge in [-0.25, -0.2) is 4.68 Å². The van der Waals surface area contributed by atoms with Crippen LogP contribution >= 0.6 is 0 Å². The quantitative estimate of drug-likeness (QED) is 0.739. The summed E-state index contributed by atoms with van der Waals surface area (Å²) in [6.45, 7) is 8.05. The van der Waals surface area contributed by atoms with Crippen LogP contribution in [0.1, 0.15) is 22.4 Å². The Bertz CT molecular complexity index is 906. The summed E-state index contributed by atoms with van der Waals surface area (Å²) >= 11 is 0. The number of hydrogen-bond acceptors (Lipinski definition) is 5. The summed E-state index contributed by atoms with van der Waals surface area (Å²) in [4.78, 5) is 12.2. The number of aryl methyl sites for hydroxylation is 4. The van der Waals surface area contributed by atoms with Gasteiger partial charge >= 0.3 is 0 Å². The highest BCUT2D eigenvalue weighted by Crippen LogP contribution is 2.21. The molecule has 0 fully saturated rings. The van der Waals surface area contributed by atoms with Gasteiger partial charge in [-0.1, -0.05) is 17.7 Å². The summed E-state index contributed by atoms with van der Waals surface area (Å²) in [7, 11) is 0. The van der Waals surface area contributed by atoms with Crippen LogP contribution in [0.25, 0.3) is 5.82 Å². The smallest absolute Gasteiger partial charge is 0.243 e. The Morgan fingerprint density at radius 1 is 1.04 bits per heavy atom. The van der Waals surface area contributed by atoms with Gasteiger partial charge in [-0.15, -0.1) is 10.2 Å². The van der Waals surface area contributed by atoms with E-state index in [0.29, 0.717) is 11.6 Å². The fraction of sp³-hybridized carbons (Fsp3) is 0.263. The van der Waals surface area contributed by atoms with E-state index in [4.69, 9.17) is 0 Å². The van der Waals surface area contributed by atoms with Gasteiger partial charge in [0.15, 0.2) is 5.82 Å². The highest BCUT2D eigenvalue weighted by molar-refractivity contribution is 5.95. The van der Waals surface area contributed by atoms with Crippen LogP contribution in [0, 0.1) is 27.7 Å². The second-order valence-corrected chi connectivity index (χ2v) is 6.35. The van der Waals surface area contributed by atoms with E-state index in [-0.39, 0.29) is 12.5 Å². The predicted octanol–water partition coefficient (Wildman–Crippen LogP) is 2.95. The minimum atomic E-state index is -0.131. The molecule has 2 N–H and O–H groups in total. The predicted molar refractivity (Wildman–Crippen MR) is 102 cm³/mol. The molecule has 3 aromatic rings. The van der Waals surface area contributed by atoms with E-state index in [2.05, 4.69) is 38.1 Å². The van der Waals surface area contributed by atoms with Crippen LogP contribution < -0.4 is 10.6 Å². The van der Waals surface area contributed by atoms with Crippen LogP contribution in [-0.4, -0.2) is 32.4 Å². The average molecular weight is 350 g/mol. The van der Waals surface area contributed by atoms with E-state index < -0.39 is 0 Å². The van der Waals surface area contributed by atoms with Crippen molar-refractivity contribution in [3.8, 4) is 5.82 Å². The third-order valence-electron chi connectivity index (χ3n) is 3.98. The summed E-state index contributed by atoms with van der Waals surface area (Å²) in [5.74, 6) is 1.03. The molecule has 0 aliphatic heterocycles. The van der Waals surface area contributed by atoms with Gasteiger partial charge in [0.2, 0.25) is 5.91 Å². The van der Waals surface area contributed by atoms with Gasteiger partial charge in [0.25, 0.3) is 0 Å². The van der Waals surface area contributed by atoms with Gasteiger partial charge in [0, 0.05) is 11.9 Å². The Balaban J connectivity index is 1.60. The maximum atomic E-state index is 12.2. The molecule has 2 aromatic heterocycles. The number of benzene rings is 1. The summed E-state index contributed by atoms with van der Waals surface area (Å²) in [5, 5.41) is 18.4.